The van der Waals surface area contributed by atoms with E-state index in [1.165, 1.54) is 17.3 Å². The second-order valence-electron chi connectivity index (χ2n) is 7.79. The van der Waals surface area contributed by atoms with Crippen molar-refractivity contribution in [3.05, 3.63) is 46.3 Å². The molecule has 3 heterocycles. The number of carbonyl (C=O) groups is 2. The summed E-state index contributed by atoms with van der Waals surface area (Å²) in [7, 11) is 0. The van der Waals surface area contributed by atoms with Gasteiger partial charge in [0.25, 0.3) is 0 Å². The third-order valence-electron chi connectivity index (χ3n) is 6.10. The molecule has 1 saturated heterocycles. The molecule has 7 heteroatoms. The van der Waals surface area contributed by atoms with Crippen LogP contribution in [0.2, 0.25) is 0 Å². The number of aryl methyl sites for hydroxylation is 2. The van der Waals surface area contributed by atoms with E-state index in [1.54, 1.807) is 11.6 Å². The van der Waals surface area contributed by atoms with E-state index in [9.17, 15) is 14.7 Å². The van der Waals surface area contributed by atoms with Gasteiger partial charge in [0.15, 0.2) is 0 Å². The number of fused-ring (bicyclic) bond motifs is 1. The van der Waals surface area contributed by atoms with Gasteiger partial charge in [-0.25, -0.2) is 4.79 Å². The number of carboxylic acids is 1. The van der Waals surface area contributed by atoms with Gasteiger partial charge in [-0.15, -0.1) is 0 Å². The summed E-state index contributed by atoms with van der Waals surface area (Å²) in [5.41, 5.74) is 4.24. The van der Waals surface area contributed by atoms with Crippen molar-refractivity contribution in [2.24, 2.45) is 0 Å². The molecule has 2 aliphatic heterocycles. The fourth-order valence-corrected chi connectivity index (χ4v) is 4.23. The van der Waals surface area contributed by atoms with Crippen molar-refractivity contribution in [3.63, 3.8) is 0 Å². The number of hydrogen-bond donors (Lipinski definition) is 1. The number of hydrogen-bond acceptors (Lipinski definition) is 4. The molecule has 1 N–H and O–H groups in total. The quantitative estimate of drug-likeness (QED) is 0.881. The van der Waals surface area contributed by atoms with Crippen LogP contribution in [-0.2, 0) is 4.79 Å². The lowest BCUT2D eigenvalue weighted by molar-refractivity contribution is -0.134. The van der Waals surface area contributed by atoms with Crippen LogP contribution in [0.4, 0.5) is 0 Å². The van der Waals surface area contributed by atoms with Crippen LogP contribution >= 0.6 is 0 Å². The van der Waals surface area contributed by atoms with E-state index in [1.807, 2.05) is 17.9 Å². The average molecular weight is 383 g/mol. The number of nitrogens with zero attached hydrogens (tertiary/aromatic N) is 3. The fraction of sp³-hybridized carbons (Fsp3) is 0.476. The largest absolute Gasteiger partial charge is 0.492 e. The summed E-state index contributed by atoms with van der Waals surface area (Å²) >= 11 is 0. The highest BCUT2D eigenvalue weighted by Gasteiger charge is 2.36. The van der Waals surface area contributed by atoms with Crippen LogP contribution < -0.4 is 4.74 Å². The molecule has 0 saturated carbocycles. The van der Waals surface area contributed by atoms with Crippen molar-refractivity contribution in [2.45, 2.75) is 45.6 Å². The third kappa shape index (κ3) is 3.04. The van der Waals surface area contributed by atoms with Gasteiger partial charge in [-0.1, -0.05) is 6.07 Å². The lowest BCUT2D eigenvalue weighted by atomic mass is 9.94. The van der Waals surface area contributed by atoms with Gasteiger partial charge in [0.05, 0.1) is 17.9 Å². The summed E-state index contributed by atoms with van der Waals surface area (Å²) in [6.45, 7) is 7.57. The minimum absolute atomic E-state index is 0.115. The van der Waals surface area contributed by atoms with Gasteiger partial charge in [0, 0.05) is 18.7 Å². The molecule has 2 aromatic rings. The van der Waals surface area contributed by atoms with Crippen LogP contribution in [-0.4, -0.2) is 51.4 Å². The van der Waals surface area contributed by atoms with E-state index in [2.05, 4.69) is 18.1 Å². The van der Waals surface area contributed by atoms with Crippen LogP contribution in [0.15, 0.2) is 18.3 Å². The van der Waals surface area contributed by atoms with Gasteiger partial charge in [-0.05, 0) is 50.8 Å². The van der Waals surface area contributed by atoms with Crippen molar-refractivity contribution in [1.82, 2.24) is 14.7 Å². The van der Waals surface area contributed by atoms with E-state index in [0.29, 0.717) is 25.4 Å². The van der Waals surface area contributed by atoms with Gasteiger partial charge in [-0.2, -0.15) is 5.10 Å². The van der Waals surface area contributed by atoms with Crippen molar-refractivity contribution in [1.29, 1.82) is 0 Å². The number of carboxylic acid groups (broad SMARTS) is 1. The van der Waals surface area contributed by atoms with Crippen LogP contribution in [0.25, 0.3) is 0 Å². The summed E-state index contributed by atoms with van der Waals surface area (Å²) in [5.74, 6) is -0.258. The predicted molar refractivity (Wildman–Crippen MR) is 103 cm³/mol. The van der Waals surface area contributed by atoms with E-state index in [0.717, 1.165) is 24.2 Å². The molecule has 1 atom stereocenters. The van der Waals surface area contributed by atoms with Gasteiger partial charge >= 0.3 is 5.97 Å². The monoisotopic (exact) mass is 383 g/mol. The van der Waals surface area contributed by atoms with E-state index >= 15 is 0 Å². The first kappa shape index (κ1) is 18.5. The first-order valence-corrected chi connectivity index (χ1v) is 9.67. The maximum atomic E-state index is 13.1. The van der Waals surface area contributed by atoms with Crippen LogP contribution in [0.5, 0.6) is 5.75 Å². The summed E-state index contributed by atoms with van der Waals surface area (Å²) in [6.07, 6.45) is 2.94. The number of piperidine rings is 1. The number of carbonyl (C=O) groups excluding carboxylic acids is 1. The molecule has 1 aromatic heterocycles. The van der Waals surface area contributed by atoms with Crippen molar-refractivity contribution >= 4 is 11.9 Å². The molecule has 1 amide bonds. The summed E-state index contributed by atoms with van der Waals surface area (Å²) in [5, 5.41) is 13.5. The van der Waals surface area contributed by atoms with Gasteiger partial charge in [0.2, 0.25) is 5.91 Å². The topological polar surface area (TPSA) is 84.7 Å². The molecule has 0 radical (unpaired) electrons. The molecular formula is C21H25N3O4. The number of aromatic nitrogens is 2. The Morgan fingerprint density at radius 1 is 1.14 bits per heavy atom. The Bertz CT molecular complexity index is 941. The average Bonchev–Trinajstić information content (AvgIpc) is 3.25. The summed E-state index contributed by atoms with van der Waals surface area (Å²) in [4.78, 5) is 26.3. The maximum absolute atomic E-state index is 13.1. The molecule has 0 bridgehead atoms. The molecule has 0 aliphatic carbocycles. The molecular weight excluding hydrogens is 358 g/mol. The van der Waals surface area contributed by atoms with E-state index in [4.69, 9.17) is 4.74 Å². The highest BCUT2D eigenvalue weighted by molar-refractivity contribution is 5.88. The lowest BCUT2D eigenvalue weighted by Crippen LogP contribution is -2.42. The SMILES string of the molecule is Cc1cc2c(cc1C)C(C(=O)N1CCC(n3ncc(C(=O)O)c3C)CC1)CO2. The van der Waals surface area contributed by atoms with E-state index < -0.39 is 5.97 Å². The van der Waals surface area contributed by atoms with Gasteiger partial charge in [0.1, 0.15) is 23.8 Å². The zero-order valence-electron chi connectivity index (χ0n) is 16.4. The molecule has 1 unspecified atom stereocenters. The Hall–Kier alpha value is -2.83. The minimum atomic E-state index is -0.957. The normalized spacial score (nSPS) is 19.4. The molecule has 2 aliphatic rings. The first-order valence-electron chi connectivity index (χ1n) is 9.67. The van der Waals surface area contributed by atoms with Crippen molar-refractivity contribution in [3.8, 4) is 5.75 Å². The third-order valence-corrected chi connectivity index (χ3v) is 6.10. The maximum Gasteiger partial charge on any atom is 0.339 e. The molecule has 148 valence electrons. The zero-order valence-corrected chi connectivity index (χ0v) is 16.4. The number of ether oxygens (including phenoxy) is 1. The van der Waals surface area contributed by atoms with E-state index in [-0.39, 0.29) is 23.4 Å². The van der Waals surface area contributed by atoms with Gasteiger partial charge in [-0.3, -0.25) is 9.48 Å². The lowest BCUT2D eigenvalue weighted by Gasteiger charge is -2.34. The number of benzene rings is 1. The molecule has 4 rings (SSSR count). The van der Waals surface area contributed by atoms with Crippen LogP contribution in [0, 0.1) is 20.8 Å². The number of aromatic carboxylic acids is 1. The molecule has 1 fully saturated rings. The molecule has 28 heavy (non-hydrogen) atoms. The van der Waals surface area contributed by atoms with Crippen molar-refractivity contribution < 1.29 is 19.4 Å². The summed E-state index contributed by atoms with van der Waals surface area (Å²) in [6, 6.07) is 4.22. The Kier molecular flexibility index (Phi) is 4.61. The number of amides is 1. The van der Waals surface area contributed by atoms with Crippen molar-refractivity contribution in [2.75, 3.05) is 19.7 Å². The van der Waals surface area contributed by atoms with Crippen LogP contribution in [0.1, 0.15) is 57.5 Å². The predicted octanol–water partition coefficient (Wildman–Crippen LogP) is 2.85. The number of likely N-dealkylation sites (tertiary alicyclic amines) is 1. The van der Waals surface area contributed by atoms with Gasteiger partial charge < -0.3 is 14.7 Å². The Labute approximate surface area is 163 Å². The Morgan fingerprint density at radius 2 is 1.82 bits per heavy atom. The molecule has 7 nitrogen and oxygen atoms in total. The second-order valence-corrected chi connectivity index (χ2v) is 7.79. The van der Waals surface area contributed by atoms with Crippen LogP contribution in [0.3, 0.4) is 0 Å². The molecule has 1 aromatic carbocycles. The highest BCUT2D eigenvalue weighted by Crippen LogP contribution is 2.37. The summed E-state index contributed by atoms with van der Waals surface area (Å²) < 4.78 is 7.57. The minimum Gasteiger partial charge on any atom is -0.492 e. The standard InChI is InChI=1S/C21H25N3O4/c1-12-8-16-18(11-28-19(16)9-13(12)2)20(25)23-6-4-15(5-7-23)24-14(3)17(10-22-24)21(26)27/h8-10,15,18H,4-7,11H2,1-3H3,(H,26,27). The fourth-order valence-electron chi connectivity index (χ4n) is 4.23. The smallest absolute Gasteiger partial charge is 0.339 e. The Balaban J connectivity index is 1.45. The first-order chi connectivity index (χ1) is 13.4. The highest BCUT2D eigenvalue weighted by atomic mass is 16.5. The second kappa shape index (κ2) is 6.96. The molecule has 0 spiro atoms. The zero-order chi connectivity index (χ0) is 20.0. The Morgan fingerprint density at radius 3 is 2.46 bits per heavy atom. The number of rotatable bonds is 3.